The van der Waals surface area contributed by atoms with Crippen LogP contribution in [0.2, 0.25) is 0 Å². The third-order valence-corrected chi connectivity index (χ3v) is 6.47. The highest BCUT2D eigenvalue weighted by Crippen LogP contribution is 2.49. The first-order valence-corrected chi connectivity index (χ1v) is 11.8. The quantitative estimate of drug-likeness (QED) is 0.363. The van der Waals surface area contributed by atoms with Crippen molar-refractivity contribution in [3.63, 3.8) is 0 Å². The molecule has 0 amide bonds. The number of rotatable bonds is 10. The summed E-state index contributed by atoms with van der Waals surface area (Å²) < 4.78 is 0. The summed E-state index contributed by atoms with van der Waals surface area (Å²) in [6.45, 7) is 19.5. The van der Waals surface area contributed by atoms with Crippen LogP contribution in [-0.2, 0) is 0 Å². The molecule has 0 aromatic carbocycles. The molecule has 0 heterocycles. The van der Waals surface area contributed by atoms with Crippen LogP contribution in [0, 0.1) is 11.3 Å². The summed E-state index contributed by atoms with van der Waals surface area (Å²) in [7, 11) is 0. The highest BCUT2D eigenvalue weighted by Gasteiger charge is 2.33. The summed E-state index contributed by atoms with van der Waals surface area (Å²) in [5, 5.41) is 3.63. The monoisotopic (exact) mass is 403 g/mol. The van der Waals surface area contributed by atoms with Crippen LogP contribution in [-0.4, -0.2) is 6.04 Å². The van der Waals surface area contributed by atoms with Gasteiger partial charge in [-0.3, -0.25) is 0 Å². The van der Waals surface area contributed by atoms with Gasteiger partial charge in [0.05, 0.1) is 0 Å². The Morgan fingerprint density at radius 1 is 1.17 bits per heavy atom. The third-order valence-electron chi connectivity index (χ3n) is 6.47. The Morgan fingerprint density at radius 2 is 1.93 bits per heavy atom. The van der Waals surface area contributed by atoms with Gasteiger partial charge in [0.25, 0.3) is 0 Å². The van der Waals surface area contributed by atoms with E-state index in [2.05, 4.69) is 70.1 Å². The van der Waals surface area contributed by atoms with E-state index in [9.17, 15) is 0 Å². The molecule has 0 aliphatic heterocycles. The molecule has 3 aliphatic carbocycles. The van der Waals surface area contributed by atoms with E-state index >= 15 is 0 Å². The zero-order valence-corrected chi connectivity index (χ0v) is 19.5. The van der Waals surface area contributed by atoms with Crippen molar-refractivity contribution in [1.29, 1.82) is 0 Å². The van der Waals surface area contributed by atoms with E-state index in [0.29, 0.717) is 11.3 Å². The Kier molecular flexibility index (Phi) is 7.45. The van der Waals surface area contributed by atoms with Gasteiger partial charge in [-0.15, -0.1) is 6.58 Å². The summed E-state index contributed by atoms with van der Waals surface area (Å²) >= 11 is 0. The van der Waals surface area contributed by atoms with Crippen LogP contribution < -0.4 is 5.32 Å². The SMILES string of the molecule is C=C[C@H](CCC(=C)CC(C)(C)C)NC(=C)CCC1C2=CCCC=C2C2=C1C=CCC2. The van der Waals surface area contributed by atoms with Crippen LogP contribution in [0.5, 0.6) is 0 Å². The predicted molar refractivity (Wildman–Crippen MR) is 132 cm³/mol. The van der Waals surface area contributed by atoms with Crippen molar-refractivity contribution >= 4 is 0 Å². The van der Waals surface area contributed by atoms with Crippen molar-refractivity contribution in [3.05, 3.63) is 83.7 Å². The lowest BCUT2D eigenvalue weighted by atomic mass is 9.86. The fourth-order valence-corrected chi connectivity index (χ4v) is 5.20. The van der Waals surface area contributed by atoms with Crippen LogP contribution in [0.3, 0.4) is 0 Å². The first kappa shape index (κ1) is 22.7. The molecule has 1 heteroatoms. The van der Waals surface area contributed by atoms with E-state index in [4.69, 9.17) is 0 Å². The molecule has 2 atom stereocenters. The Balaban J connectivity index is 1.52. The molecule has 0 aromatic heterocycles. The van der Waals surface area contributed by atoms with Gasteiger partial charge < -0.3 is 5.32 Å². The average Bonchev–Trinajstić information content (AvgIpc) is 3.02. The molecule has 162 valence electrons. The van der Waals surface area contributed by atoms with Gasteiger partial charge in [0.1, 0.15) is 0 Å². The van der Waals surface area contributed by atoms with E-state index < -0.39 is 0 Å². The second kappa shape index (κ2) is 9.86. The number of hydrogen-bond acceptors (Lipinski definition) is 1. The first-order valence-electron chi connectivity index (χ1n) is 11.8. The molecular weight excluding hydrogens is 362 g/mol. The van der Waals surface area contributed by atoms with E-state index in [0.717, 1.165) is 37.8 Å². The van der Waals surface area contributed by atoms with E-state index in [1.807, 2.05) is 6.08 Å². The van der Waals surface area contributed by atoms with Gasteiger partial charge in [-0.2, -0.15) is 0 Å². The lowest BCUT2D eigenvalue weighted by Crippen LogP contribution is -2.26. The van der Waals surface area contributed by atoms with Gasteiger partial charge >= 0.3 is 0 Å². The average molecular weight is 404 g/mol. The predicted octanol–water partition coefficient (Wildman–Crippen LogP) is 8.12. The van der Waals surface area contributed by atoms with Crippen LogP contribution in [0.15, 0.2) is 83.7 Å². The summed E-state index contributed by atoms with van der Waals surface area (Å²) in [5.41, 5.74) is 9.12. The minimum Gasteiger partial charge on any atom is -0.383 e. The van der Waals surface area contributed by atoms with Gasteiger partial charge in [-0.05, 0) is 85.5 Å². The topological polar surface area (TPSA) is 12.0 Å². The van der Waals surface area contributed by atoms with Crippen LogP contribution in [0.4, 0.5) is 0 Å². The van der Waals surface area contributed by atoms with E-state index in [1.165, 1.54) is 31.3 Å². The Bertz CT molecular complexity index is 806. The fourth-order valence-electron chi connectivity index (χ4n) is 5.20. The standard InChI is InChI=1S/C29H41N/c1-7-23(18-16-21(2)20-29(4,5)6)30-22(3)17-19-28-26-14-10-8-12-24(26)25-13-9-11-15-27(25)28/h7,10,13-15,23,28,30H,1-3,8-9,11-12,16-20H2,4-6H3/t23-,28?/m1/s1. The molecule has 0 saturated carbocycles. The largest absolute Gasteiger partial charge is 0.383 e. The maximum Gasteiger partial charge on any atom is 0.0441 e. The van der Waals surface area contributed by atoms with Gasteiger partial charge in [0.2, 0.25) is 0 Å². The lowest BCUT2D eigenvalue weighted by molar-refractivity contribution is 0.401. The number of fused-ring (bicyclic) bond motifs is 2. The second-order valence-electron chi connectivity index (χ2n) is 10.4. The molecule has 0 spiro atoms. The van der Waals surface area contributed by atoms with Crippen LogP contribution in [0.1, 0.15) is 78.6 Å². The minimum absolute atomic E-state index is 0.270. The van der Waals surface area contributed by atoms with E-state index in [1.54, 1.807) is 22.3 Å². The molecule has 0 saturated heterocycles. The molecule has 1 unspecified atom stereocenters. The molecular formula is C29H41N. The van der Waals surface area contributed by atoms with Crippen molar-refractivity contribution < 1.29 is 0 Å². The molecule has 30 heavy (non-hydrogen) atoms. The van der Waals surface area contributed by atoms with Crippen molar-refractivity contribution in [3.8, 4) is 0 Å². The fraction of sp³-hybridized carbons (Fsp3) is 0.517. The maximum atomic E-state index is 4.35. The van der Waals surface area contributed by atoms with Crippen molar-refractivity contribution in [2.24, 2.45) is 11.3 Å². The van der Waals surface area contributed by atoms with Gasteiger partial charge in [-0.1, -0.05) is 69.9 Å². The van der Waals surface area contributed by atoms with Crippen LogP contribution >= 0.6 is 0 Å². The molecule has 0 fully saturated rings. The second-order valence-corrected chi connectivity index (χ2v) is 10.4. The Morgan fingerprint density at radius 3 is 2.67 bits per heavy atom. The van der Waals surface area contributed by atoms with Crippen molar-refractivity contribution in [2.75, 3.05) is 0 Å². The summed E-state index contributed by atoms with van der Waals surface area (Å²) in [5.74, 6) is 0.551. The van der Waals surface area contributed by atoms with Gasteiger partial charge in [0, 0.05) is 17.7 Å². The summed E-state index contributed by atoms with van der Waals surface area (Å²) in [6.07, 6.45) is 21.8. The zero-order valence-electron chi connectivity index (χ0n) is 19.5. The number of allylic oxidation sites excluding steroid dienone is 10. The van der Waals surface area contributed by atoms with Crippen molar-refractivity contribution in [2.45, 2.75) is 84.6 Å². The molecule has 0 radical (unpaired) electrons. The highest BCUT2D eigenvalue weighted by molar-refractivity contribution is 5.63. The molecule has 0 bridgehead atoms. The minimum atomic E-state index is 0.270. The highest BCUT2D eigenvalue weighted by atomic mass is 14.9. The summed E-state index contributed by atoms with van der Waals surface area (Å²) in [4.78, 5) is 0. The van der Waals surface area contributed by atoms with Gasteiger partial charge in [-0.25, -0.2) is 0 Å². The molecule has 0 aromatic rings. The smallest absolute Gasteiger partial charge is 0.0441 e. The molecule has 1 N–H and O–H groups in total. The molecule has 1 nitrogen and oxygen atoms in total. The van der Waals surface area contributed by atoms with Crippen LogP contribution in [0.25, 0.3) is 0 Å². The molecule has 3 rings (SSSR count). The number of hydrogen-bond donors (Lipinski definition) is 1. The number of nitrogens with one attached hydrogen (secondary N) is 1. The molecule has 3 aliphatic rings. The Hall–Kier alpha value is -2.02. The normalized spacial score (nSPS) is 21.4. The summed E-state index contributed by atoms with van der Waals surface area (Å²) in [6, 6.07) is 0.270. The lowest BCUT2D eigenvalue weighted by Gasteiger charge is -2.23. The Labute approximate surface area is 185 Å². The third kappa shape index (κ3) is 5.78. The van der Waals surface area contributed by atoms with Gasteiger partial charge in [0.15, 0.2) is 0 Å². The van der Waals surface area contributed by atoms with E-state index in [-0.39, 0.29) is 6.04 Å². The first-order chi connectivity index (χ1) is 14.3. The maximum absolute atomic E-state index is 4.35. The van der Waals surface area contributed by atoms with Crippen molar-refractivity contribution in [1.82, 2.24) is 5.32 Å². The zero-order chi connectivity index (χ0) is 21.7.